The Hall–Kier alpha value is -1.81. The van der Waals surface area contributed by atoms with E-state index in [1.165, 1.54) is 24.5 Å². The van der Waals surface area contributed by atoms with Gasteiger partial charge in [-0.05, 0) is 42.7 Å². The molecule has 0 spiro atoms. The fourth-order valence-corrected chi connectivity index (χ4v) is 2.57. The van der Waals surface area contributed by atoms with Crippen molar-refractivity contribution in [3.63, 3.8) is 0 Å². The summed E-state index contributed by atoms with van der Waals surface area (Å²) in [7, 11) is 0. The standard InChI is InChI=1S/C18H19FO2S/c1-2-3-4-7-14-10-12-15(13-11-14)18(20)21-22-17-9-6-5-8-16(17)19/h5-6,8-13H,2-4,7H2,1H3. The average molecular weight is 318 g/mol. The first-order chi connectivity index (χ1) is 10.7. The lowest BCUT2D eigenvalue weighted by atomic mass is 10.1. The quantitative estimate of drug-likeness (QED) is 0.503. The molecule has 0 heterocycles. The summed E-state index contributed by atoms with van der Waals surface area (Å²) in [6, 6.07) is 13.6. The van der Waals surface area contributed by atoms with Gasteiger partial charge in [0.15, 0.2) is 0 Å². The third-order valence-corrected chi connectivity index (χ3v) is 4.05. The van der Waals surface area contributed by atoms with Crippen molar-refractivity contribution in [2.75, 3.05) is 0 Å². The molecule has 2 aromatic rings. The van der Waals surface area contributed by atoms with Crippen LogP contribution in [0.3, 0.4) is 0 Å². The Bertz CT molecular complexity index is 611. The topological polar surface area (TPSA) is 26.3 Å². The van der Waals surface area contributed by atoms with Gasteiger partial charge >= 0.3 is 5.97 Å². The summed E-state index contributed by atoms with van der Waals surface area (Å²) in [4.78, 5) is 12.2. The molecule has 0 aliphatic heterocycles. The van der Waals surface area contributed by atoms with Crippen LogP contribution in [0.4, 0.5) is 4.39 Å². The molecule has 2 rings (SSSR count). The van der Waals surface area contributed by atoms with Gasteiger partial charge in [0.05, 0.1) is 22.5 Å². The van der Waals surface area contributed by atoms with Crippen molar-refractivity contribution in [2.24, 2.45) is 0 Å². The molecule has 0 fully saturated rings. The van der Waals surface area contributed by atoms with Gasteiger partial charge in [-0.3, -0.25) is 0 Å². The zero-order valence-electron chi connectivity index (χ0n) is 12.5. The van der Waals surface area contributed by atoms with Crippen LogP contribution in [0.2, 0.25) is 0 Å². The SMILES string of the molecule is CCCCCc1ccc(C(=O)OSc2ccccc2F)cc1. The van der Waals surface area contributed by atoms with Gasteiger partial charge in [-0.25, -0.2) is 9.18 Å². The van der Waals surface area contributed by atoms with E-state index in [2.05, 4.69) is 6.92 Å². The summed E-state index contributed by atoms with van der Waals surface area (Å²) in [5.74, 6) is -0.861. The normalized spacial score (nSPS) is 10.5. The minimum atomic E-state index is -0.464. The molecule has 2 nitrogen and oxygen atoms in total. The molecule has 0 bridgehead atoms. The van der Waals surface area contributed by atoms with E-state index in [9.17, 15) is 9.18 Å². The van der Waals surface area contributed by atoms with E-state index >= 15 is 0 Å². The molecule has 0 radical (unpaired) electrons. The van der Waals surface area contributed by atoms with Gasteiger partial charge in [0.2, 0.25) is 0 Å². The maximum atomic E-state index is 13.4. The van der Waals surface area contributed by atoms with Crippen molar-refractivity contribution in [2.45, 2.75) is 37.5 Å². The predicted octanol–water partition coefficient (Wildman–Crippen LogP) is 5.42. The minimum absolute atomic E-state index is 0.298. The zero-order valence-corrected chi connectivity index (χ0v) is 13.4. The third-order valence-electron chi connectivity index (χ3n) is 3.30. The molecule has 116 valence electrons. The highest BCUT2D eigenvalue weighted by Gasteiger charge is 2.10. The monoisotopic (exact) mass is 318 g/mol. The smallest absolute Gasteiger partial charge is 0.350 e. The van der Waals surface area contributed by atoms with Crippen LogP contribution < -0.4 is 0 Å². The highest BCUT2D eigenvalue weighted by atomic mass is 32.2. The lowest BCUT2D eigenvalue weighted by molar-refractivity contribution is 0.0768. The van der Waals surface area contributed by atoms with Gasteiger partial charge in [0, 0.05) is 0 Å². The fraction of sp³-hybridized carbons (Fsp3) is 0.278. The lowest BCUT2D eigenvalue weighted by Crippen LogP contribution is -2.00. The Morgan fingerprint density at radius 2 is 1.82 bits per heavy atom. The number of carbonyl (C=O) groups excluding carboxylic acids is 1. The molecule has 0 saturated heterocycles. The molecular formula is C18H19FO2S. The van der Waals surface area contributed by atoms with Crippen molar-refractivity contribution in [1.82, 2.24) is 0 Å². The van der Waals surface area contributed by atoms with Crippen LogP contribution in [0.15, 0.2) is 53.4 Å². The number of rotatable bonds is 7. The number of halogens is 1. The van der Waals surface area contributed by atoms with Crippen LogP contribution in [0.25, 0.3) is 0 Å². The van der Waals surface area contributed by atoms with Gasteiger partial charge in [-0.2, -0.15) is 0 Å². The Balaban J connectivity index is 1.88. The Morgan fingerprint density at radius 3 is 2.50 bits per heavy atom. The van der Waals surface area contributed by atoms with Crippen molar-refractivity contribution in [3.05, 3.63) is 65.5 Å². The maximum absolute atomic E-state index is 13.4. The Labute approximate surface area is 134 Å². The molecule has 4 heteroatoms. The van der Waals surface area contributed by atoms with Crippen molar-refractivity contribution in [1.29, 1.82) is 0 Å². The van der Waals surface area contributed by atoms with E-state index in [0.29, 0.717) is 10.5 Å². The highest BCUT2D eigenvalue weighted by molar-refractivity contribution is 7.95. The van der Waals surface area contributed by atoms with E-state index < -0.39 is 11.8 Å². The van der Waals surface area contributed by atoms with Gasteiger partial charge in [-0.15, -0.1) is 0 Å². The first-order valence-electron chi connectivity index (χ1n) is 7.43. The first kappa shape index (κ1) is 16.6. The lowest BCUT2D eigenvalue weighted by Gasteiger charge is -2.05. The van der Waals surface area contributed by atoms with Crippen molar-refractivity contribution in [3.8, 4) is 0 Å². The van der Waals surface area contributed by atoms with E-state index in [-0.39, 0.29) is 0 Å². The summed E-state index contributed by atoms with van der Waals surface area (Å²) >= 11 is 0.746. The Kier molecular flexibility index (Phi) is 6.46. The highest BCUT2D eigenvalue weighted by Crippen LogP contribution is 2.23. The predicted molar refractivity (Wildman–Crippen MR) is 87.3 cm³/mol. The van der Waals surface area contributed by atoms with Gasteiger partial charge < -0.3 is 4.18 Å². The molecule has 0 unspecified atom stereocenters. The number of carbonyl (C=O) groups is 1. The molecule has 0 aliphatic rings. The zero-order chi connectivity index (χ0) is 15.8. The van der Waals surface area contributed by atoms with Crippen LogP contribution in [-0.4, -0.2) is 5.97 Å². The molecule has 0 atom stereocenters. The summed E-state index contributed by atoms with van der Waals surface area (Å²) in [6.07, 6.45) is 4.58. The van der Waals surface area contributed by atoms with Gasteiger partial charge in [0.25, 0.3) is 0 Å². The fourth-order valence-electron chi connectivity index (χ4n) is 2.03. The van der Waals surface area contributed by atoms with E-state index in [4.69, 9.17) is 4.18 Å². The first-order valence-corrected chi connectivity index (χ1v) is 8.17. The van der Waals surface area contributed by atoms with Crippen LogP contribution in [0.1, 0.15) is 42.1 Å². The Morgan fingerprint density at radius 1 is 1.09 bits per heavy atom. The molecule has 0 aromatic heterocycles. The molecular weight excluding hydrogens is 299 g/mol. The van der Waals surface area contributed by atoms with E-state index in [1.807, 2.05) is 12.1 Å². The second-order valence-corrected chi connectivity index (χ2v) is 5.81. The minimum Gasteiger partial charge on any atom is -0.382 e. The van der Waals surface area contributed by atoms with Crippen molar-refractivity contribution >= 4 is 18.0 Å². The molecule has 2 aromatic carbocycles. The second-order valence-electron chi connectivity index (χ2n) is 5.04. The van der Waals surface area contributed by atoms with Gasteiger partial charge in [0.1, 0.15) is 5.82 Å². The summed E-state index contributed by atoms with van der Waals surface area (Å²) in [6.45, 7) is 2.17. The van der Waals surface area contributed by atoms with Gasteiger partial charge in [-0.1, -0.05) is 44.0 Å². The van der Waals surface area contributed by atoms with Crippen molar-refractivity contribution < 1.29 is 13.4 Å². The number of hydrogen-bond acceptors (Lipinski definition) is 3. The van der Waals surface area contributed by atoms with E-state index in [0.717, 1.165) is 24.9 Å². The molecule has 0 amide bonds. The van der Waals surface area contributed by atoms with Crippen LogP contribution in [-0.2, 0) is 10.6 Å². The average Bonchev–Trinajstić information content (AvgIpc) is 2.55. The van der Waals surface area contributed by atoms with Crippen LogP contribution >= 0.6 is 12.0 Å². The van der Waals surface area contributed by atoms with E-state index in [1.54, 1.807) is 30.3 Å². The maximum Gasteiger partial charge on any atom is 0.350 e. The van der Waals surface area contributed by atoms with Crippen LogP contribution in [0.5, 0.6) is 0 Å². The van der Waals surface area contributed by atoms with Crippen LogP contribution in [0, 0.1) is 5.82 Å². The molecule has 0 N–H and O–H groups in total. The molecule has 22 heavy (non-hydrogen) atoms. The number of unbranched alkanes of at least 4 members (excludes halogenated alkanes) is 2. The largest absolute Gasteiger partial charge is 0.382 e. The number of hydrogen-bond donors (Lipinski definition) is 0. The third kappa shape index (κ3) is 4.88. The summed E-state index contributed by atoms with van der Waals surface area (Å²) < 4.78 is 18.5. The molecule has 0 saturated carbocycles. The summed E-state index contributed by atoms with van der Waals surface area (Å²) in [5.41, 5.74) is 1.69. The summed E-state index contributed by atoms with van der Waals surface area (Å²) in [5, 5.41) is 0. The number of aryl methyl sites for hydroxylation is 1. The second kappa shape index (κ2) is 8.59. The number of benzene rings is 2. The molecule has 0 aliphatic carbocycles.